The molecule has 7 heteroatoms. The molecule has 0 bridgehead atoms. The summed E-state index contributed by atoms with van der Waals surface area (Å²) in [6.07, 6.45) is 1.11. The summed E-state index contributed by atoms with van der Waals surface area (Å²) in [5.74, 6) is -2.90. The molecule has 0 saturated carbocycles. The van der Waals surface area contributed by atoms with Crippen LogP contribution in [0.3, 0.4) is 0 Å². The highest BCUT2D eigenvalue weighted by molar-refractivity contribution is 5.97. The molecule has 0 radical (unpaired) electrons. The lowest BCUT2D eigenvalue weighted by Gasteiger charge is -2.38. The number of benzene rings is 1. The van der Waals surface area contributed by atoms with Crippen LogP contribution in [-0.2, 0) is 23.8 Å². The second kappa shape index (κ2) is 7.16. The molecular formula is C17H19NO6. The van der Waals surface area contributed by atoms with E-state index < -0.39 is 30.0 Å². The molecule has 0 N–H and O–H groups in total. The number of hydrogen-bond donors (Lipinski definition) is 0. The standard InChI is InChI=1S/C17H19NO6/c1-10-9-11-7-5-6-8-12(11)14(18(10)17(21)24-4)13(15(19)22-2)16(20)23-3/h5-9,13-14H,1-4H3. The van der Waals surface area contributed by atoms with Gasteiger partial charge in [0, 0.05) is 5.70 Å². The molecule has 24 heavy (non-hydrogen) atoms. The van der Waals surface area contributed by atoms with Crippen LogP contribution in [0, 0.1) is 5.92 Å². The number of amides is 1. The van der Waals surface area contributed by atoms with Crippen molar-refractivity contribution in [1.29, 1.82) is 0 Å². The smallest absolute Gasteiger partial charge is 0.414 e. The van der Waals surface area contributed by atoms with Crippen molar-refractivity contribution in [1.82, 2.24) is 4.90 Å². The second-order valence-corrected chi connectivity index (χ2v) is 5.22. The predicted octanol–water partition coefficient (Wildman–Crippen LogP) is 2.13. The third-order valence-electron chi connectivity index (χ3n) is 3.93. The zero-order valence-electron chi connectivity index (χ0n) is 13.9. The highest BCUT2D eigenvalue weighted by Crippen LogP contribution is 2.40. The van der Waals surface area contributed by atoms with Gasteiger partial charge in [-0.1, -0.05) is 24.3 Å². The van der Waals surface area contributed by atoms with Crippen LogP contribution in [0.5, 0.6) is 0 Å². The maximum Gasteiger partial charge on any atom is 0.414 e. The fraction of sp³-hybridized carbons (Fsp3) is 0.353. The molecule has 1 unspecified atom stereocenters. The fourth-order valence-corrected chi connectivity index (χ4v) is 2.86. The maximum atomic E-state index is 12.3. The molecule has 0 aromatic heterocycles. The average Bonchev–Trinajstić information content (AvgIpc) is 2.60. The average molecular weight is 333 g/mol. The number of allylic oxidation sites excluding steroid dienone is 1. The highest BCUT2D eigenvalue weighted by atomic mass is 16.6. The molecular weight excluding hydrogens is 314 g/mol. The summed E-state index contributed by atoms with van der Waals surface area (Å²) in [7, 11) is 3.59. The summed E-state index contributed by atoms with van der Waals surface area (Å²) >= 11 is 0. The Labute approximate surface area is 139 Å². The van der Waals surface area contributed by atoms with Crippen LogP contribution in [0.2, 0.25) is 0 Å². The van der Waals surface area contributed by atoms with Gasteiger partial charge in [0.2, 0.25) is 0 Å². The first-order chi connectivity index (χ1) is 11.5. The van der Waals surface area contributed by atoms with Crippen LogP contribution in [0.25, 0.3) is 6.08 Å². The number of hydrogen-bond acceptors (Lipinski definition) is 6. The Morgan fingerprint density at radius 1 is 1.00 bits per heavy atom. The van der Waals surface area contributed by atoms with E-state index in [1.54, 1.807) is 25.1 Å². The highest BCUT2D eigenvalue weighted by Gasteiger charge is 2.46. The van der Waals surface area contributed by atoms with Gasteiger partial charge in [0.05, 0.1) is 27.4 Å². The lowest BCUT2D eigenvalue weighted by atomic mass is 9.85. The van der Waals surface area contributed by atoms with E-state index in [1.807, 2.05) is 12.1 Å². The van der Waals surface area contributed by atoms with E-state index >= 15 is 0 Å². The molecule has 0 saturated heterocycles. The number of esters is 2. The van der Waals surface area contributed by atoms with Crippen molar-refractivity contribution in [2.24, 2.45) is 5.92 Å². The number of fused-ring (bicyclic) bond motifs is 1. The van der Waals surface area contributed by atoms with Crippen LogP contribution in [0.15, 0.2) is 30.0 Å². The minimum absolute atomic E-state index is 0.545. The van der Waals surface area contributed by atoms with Crippen molar-refractivity contribution in [3.8, 4) is 0 Å². The van der Waals surface area contributed by atoms with E-state index in [0.717, 1.165) is 5.56 Å². The minimum atomic E-state index is -1.33. The molecule has 128 valence electrons. The number of rotatable bonds is 3. The molecule has 2 rings (SSSR count). The Balaban J connectivity index is 2.67. The summed E-state index contributed by atoms with van der Waals surface area (Å²) in [4.78, 5) is 38.1. The molecule has 0 aliphatic carbocycles. The Morgan fingerprint density at radius 3 is 2.12 bits per heavy atom. The van der Waals surface area contributed by atoms with Crippen molar-refractivity contribution in [3.05, 3.63) is 41.1 Å². The van der Waals surface area contributed by atoms with Crippen LogP contribution in [0.1, 0.15) is 24.1 Å². The van der Waals surface area contributed by atoms with Gasteiger partial charge in [0.1, 0.15) is 0 Å². The largest absolute Gasteiger partial charge is 0.468 e. The van der Waals surface area contributed by atoms with Crippen LogP contribution < -0.4 is 0 Å². The maximum absolute atomic E-state index is 12.3. The van der Waals surface area contributed by atoms with Gasteiger partial charge >= 0.3 is 18.0 Å². The van der Waals surface area contributed by atoms with Gasteiger partial charge in [-0.2, -0.15) is 0 Å². The van der Waals surface area contributed by atoms with E-state index in [0.29, 0.717) is 11.3 Å². The van der Waals surface area contributed by atoms with Crippen LogP contribution in [-0.4, -0.2) is 44.3 Å². The summed E-state index contributed by atoms with van der Waals surface area (Å²) in [6, 6.07) is 6.27. The number of ether oxygens (including phenoxy) is 3. The molecule has 1 aliphatic rings. The molecule has 0 fully saturated rings. The summed E-state index contributed by atoms with van der Waals surface area (Å²) in [6.45, 7) is 1.70. The van der Waals surface area contributed by atoms with Gasteiger partial charge < -0.3 is 14.2 Å². The van der Waals surface area contributed by atoms with Crippen molar-refractivity contribution in [3.63, 3.8) is 0 Å². The first-order valence-corrected chi connectivity index (χ1v) is 7.26. The Bertz CT molecular complexity index is 680. The molecule has 7 nitrogen and oxygen atoms in total. The third kappa shape index (κ3) is 2.97. The SMILES string of the molecule is COC(=O)C(C(=O)OC)C1c2ccccc2C=C(C)N1C(=O)OC. The lowest BCUT2D eigenvalue weighted by molar-refractivity contribution is -0.161. The molecule has 0 spiro atoms. The quantitative estimate of drug-likeness (QED) is 0.479. The Morgan fingerprint density at radius 2 is 1.58 bits per heavy atom. The van der Waals surface area contributed by atoms with E-state index in [1.165, 1.54) is 26.2 Å². The summed E-state index contributed by atoms with van der Waals surface area (Å²) in [5.41, 5.74) is 1.98. The third-order valence-corrected chi connectivity index (χ3v) is 3.93. The zero-order valence-corrected chi connectivity index (χ0v) is 13.9. The lowest BCUT2D eigenvalue weighted by Crippen LogP contribution is -2.45. The van der Waals surface area contributed by atoms with Gasteiger partial charge in [0.25, 0.3) is 0 Å². The monoisotopic (exact) mass is 333 g/mol. The van der Waals surface area contributed by atoms with E-state index in [-0.39, 0.29) is 0 Å². The molecule has 1 aromatic carbocycles. The normalized spacial score (nSPS) is 16.1. The van der Waals surface area contributed by atoms with Crippen molar-refractivity contribution >= 4 is 24.1 Å². The predicted molar refractivity (Wildman–Crippen MR) is 84.6 cm³/mol. The van der Waals surface area contributed by atoms with Gasteiger partial charge in [0.15, 0.2) is 5.92 Å². The second-order valence-electron chi connectivity index (χ2n) is 5.22. The van der Waals surface area contributed by atoms with Crippen LogP contribution >= 0.6 is 0 Å². The van der Waals surface area contributed by atoms with Crippen molar-refractivity contribution < 1.29 is 28.6 Å². The summed E-state index contributed by atoms with van der Waals surface area (Å²) in [5, 5.41) is 0. The van der Waals surface area contributed by atoms with Crippen molar-refractivity contribution in [2.45, 2.75) is 13.0 Å². The van der Waals surface area contributed by atoms with Gasteiger partial charge in [-0.05, 0) is 24.1 Å². The van der Waals surface area contributed by atoms with E-state index in [2.05, 4.69) is 0 Å². The first kappa shape index (κ1) is 17.5. The molecule has 1 heterocycles. The molecule has 1 aromatic rings. The summed E-state index contributed by atoms with van der Waals surface area (Å²) < 4.78 is 14.3. The number of nitrogens with zero attached hydrogens (tertiary/aromatic N) is 1. The molecule has 1 atom stereocenters. The Hall–Kier alpha value is -2.83. The minimum Gasteiger partial charge on any atom is -0.468 e. The van der Waals surface area contributed by atoms with Gasteiger partial charge in [-0.15, -0.1) is 0 Å². The first-order valence-electron chi connectivity index (χ1n) is 7.26. The fourth-order valence-electron chi connectivity index (χ4n) is 2.86. The van der Waals surface area contributed by atoms with Gasteiger partial charge in [-0.3, -0.25) is 14.5 Å². The van der Waals surface area contributed by atoms with Crippen LogP contribution in [0.4, 0.5) is 4.79 Å². The zero-order chi connectivity index (χ0) is 17.9. The number of carbonyl (C=O) groups excluding carboxylic acids is 3. The Kier molecular flexibility index (Phi) is 5.23. The molecule has 1 aliphatic heterocycles. The van der Waals surface area contributed by atoms with E-state index in [4.69, 9.17) is 14.2 Å². The topological polar surface area (TPSA) is 82.1 Å². The number of carbonyl (C=O) groups is 3. The van der Waals surface area contributed by atoms with Crippen molar-refractivity contribution in [2.75, 3.05) is 21.3 Å². The van der Waals surface area contributed by atoms with Gasteiger partial charge in [-0.25, -0.2) is 4.79 Å². The number of methoxy groups -OCH3 is 3. The van der Waals surface area contributed by atoms with E-state index in [9.17, 15) is 14.4 Å². The molecule has 1 amide bonds.